The molecule has 2 rings (SSSR count). The summed E-state index contributed by atoms with van der Waals surface area (Å²) < 4.78 is 24.5. The van der Waals surface area contributed by atoms with E-state index < -0.39 is 9.84 Å². The quantitative estimate of drug-likeness (QED) is 0.852. The Bertz CT molecular complexity index is 436. The summed E-state index contributed by atoms with van der Waals surface area (Å²) in [4.78, 5) is 2.18. The molecule has 1 saturated heterocycles. The second kappa shape index (κ2) is 6.15. The number of hydrogen-bond donors (Lipinski definition) is 1. The highest BCUT2D eigenvalue weighted by Crippen LogP contribution is 2.40. The van der Waals surface area contributed by atoms with Crippen LogP contribution < -0.4 is 5.73 Å². The summed E-state index contributed by atoms with van der Waals surface area (Å²) in [7, 11) is -2.99. The van der Waals surface area contributed by atoms with Crippen LogP contribution in [0.2, 0.25) is 0 Å². The highest BCUT2D eigenvalue weighted by molar-refractivity contribution is 8.01. The van der Waals surface area contributed by atoms with Gasteiger partial charge in [0.25, 0.3) is 0 Å². The predicted molar refractivity (Wildman–Crippen MR) is 86.6 cm³/mol. The molecule has 1 saturated carbocycles. The molecule has 0 aromatic heterocycles. The van der Waals surface area contributed by atoms with Crippen LogP contribution in [0.25, 0.3) is 0 Å². The van der Waals surface area contributed by atoms with E-state index in [9.17, 15) is 8.42 Å². The van der Waals surface area contributed by atoms with Crippen LogP contribution in [0.15, 0.2) is 0 Å². The first-order valence-corrected chi connectivity index (χ1v) is 10.4. The van der Waals surface area contributed by atoms with Crippen molar-refractivity contribution in [3.05, 3.63) is 0 Å². The molecule has 2 fully saturated rings. The molecule has 6 heteroatoms. The molecular weight excluding hydrogens is 292 g/mol. The Labute approximate surface area is 127 Å². The van der Waals surface area contributed by atoms with Gasteiger partial charge in [0.05, 0.1) is 0 Å². The lowest BCUT2D eigenvalue weighted by atomic mass is 9.85. The minimum Gasteiger partial charge on any atom is -0.327 e. The van der Waals surface area contributed by atoms with Crippen molar-refractivity contribution >= 4 is 21.6 Å². The maximum atomic E-state index is 12.3. The van der Waals surface area contributed by atoms with E-state index in [0.717, 1.165) is 31.7 Å². The van der Waals surface area contributed by atoms with Gasteiger partial charge in [-0.25, -0.2) is 8.42 Å². The number of hydrogen-bond acceptors (Lipinski definition) is 5. The molecule has 1 aliphatic heterocycles. The highest BCUT2D eigenvalue weighted by Gasteiger charge is 2.42. The number of rotatable bonds is 4. The zero-order valence-corrected chi connectivity index (χ0v) is 14.5. The van der Waals surface area contributed by atoms with Gasteiger partial charge < -0.3 is 5.73 Å². The van der Waals surface area contributed by atoms with Crippen molar-refractivity contribution in [3.63, 3.8) is 0 Å². The van der Waals surface area contributed by atoms with Crippen LogP contribution in [-0.4, -0.2) is 55.1 Å². The molecule has 0 amide bonds. The van der Waals surface area contributed by atoms with Crippen LogP contribution in [0.4, 0.5) is 0 Å². The van der Waals surface area contributed by atoms with Crippen LogP contribution in [0.5, 0.6) is 0 Å². The van der Waals surface area contributed by atoms with Crippen LogP contribution in [-0.2, 0) is 9.84 Å². The van der Waals surface area contributed by atoms with Crippen molar-refractivity contribution in [2.24, 2.45) is 17.1 Å². The van der Waals surface area contributed by atoms with Gasteiger partial charge in [0, 0.05) is 36.4 Å². The normalized spacial score (nSPS) is 35.3. The monoisotopic (exact) mass is 320 g/mol. The van der Waals surface area contributed by atoms with Gasteiger partial charge in [-0.05, 0) is 24.2 Å². The maximum Gasteiger partial charge on any atom is 0.166 e. The van der Waals surface area contributed by atoms with Crippen molar-refractivity contribution in [1.82, 2.24) is 4.90 Å². The Morgan fingerprint density at radius 2 is 2.10 bits per heavy atom. The molecular formula is C14H28N2O2S2. The van der Waals surface area contributed by atoms with Crippen molar-refractivity contribution < 1.29 is 8.42 Å². The Balaban J connectivity index is 2.07. The Kier molecular flexibility index (Phi) is 5.10. The summed E-state index contributed by atoms with van der Waals surface area (Å²) in [5.74, 6) is 2.40. The predicted octanol–water partition coefficient (Wildman–Crippen LogP) is 1.56. The number of nitrogens with zero attached hydrogens (tertiary/aromatic N) is 1. The van der Waals surface area contributed by atoms with E-state index in [1.807, 2.05) is 0 Å². The Hall–Kier alpha value is 0.220. The first-order valence-electron chi connectivity index (χ1n) is 7.57. The third kappa shape index (κ3) is 3.34. The first kappa shape index (κ1) is 16.6. The third-order valence-corrected chi connectivity index (χ3v) is 8.38. The molecule has 1 heterocycles. The average molecular weight is 321 g/mol. The molecule has 0 aromatic rings. The van der Waals surface area contributed by atoms with Crippen molar-refractivity contribution in [3.8, 4) is 0 Å². The van der Waals surface area contributed by atoms with Crippen molar-refractivity contribution in [2.45, 2.75) is 45.0 Å². The largest absolute Gasteiger partial charge is 0.327 e. The van der Waals surface area contributed by atoms with E-state index in [1.54, 1.807) is 18.7 Å². The number of thioether (sulfide) groups is 1. The molecule has 4 nitrogen and oxygen atoms in total. The molecule has 0 spiro atoms. The zero-order chi connectivity index (χ0) is 15.0. The van der Waals surface area contributed by atoms with Crippen molar-refractivity contribution in [1.29, 1.82) is 0 Å². The minimum atomic E-state index is -2.99. The van der Waals surface area contributed by atoms with E-state index >= 15 is 0 Å². The van der Waals surface area contributed by atoms with E-state index in [1.165, 1.54) is 0 Å². The fourth-order valence-electron chi connectivity index (χ4n) is 3.40. The summed E-state index contributed by atoms with van der Waals surface area (Å²) in [6, 6.07) is 0.182. The van der Waals surface area contributed by atoms with Gasteiger partial charge in [-0.2, -0.15) is 11.8 Å². The second-order valence-corrected chi connectivity index (χ2v) is 10.4. The summed E-state index contributed by atoms with van der Waals surface area (Å²) in [5, 5.41) is -0.304. The molecule has 3 unspecified atom stereocenters. The van der Waals surface area contributed by atoms with Crippen molar-refractivity contribution in [2.75, 3.05) is 30.3 Å². The minimum absolute atomic E-state index is 0.182. The number of nitrogens with two attached hydrogens (primary N) is 1. The van der Waals surface area contributed by atoms with E-state index in [4.69, 9.17) is 5.73 Å². The molecule has 0 bridgehead atoms. The molecule has 0 radical (unpaired) electrons. The van der Waals surface area contributed by atoms with Gasteiger partial charge in [0.1, 0.15) is 5.37 Å². The van der Waals surface area contributed by atoms with Crippen LogP contribution in [0, 0.1) is 11.3 Å². The molecule has 0 aromatic carbocycles. The molecule has 20 heavy (non-hydrogen) atoms. The number of sulfone groups is 1. The van der Waals surface area contributed by atoms with Gasteiger partial charge in [-0.3, -0.25) is 4.90 Å². The summed E-state index contributed by atoms with van der Waals surface area (Å²) in [5.41, 5.74) is 6.57. The van der Waals surface area contributed by atoms with E-state index in [2.05, 4.69) is 18.7 Å². The van der Waals surface area contributed by atoms with Crippen LogP contribution in [0.1, 0.15) is 33.6 Å². The van der Waals surface area contributed by atoms with Crippen LogP contribution in [0.3, 0.4) is 0 Å². The van der Waals surface area contributed by atoms with Gasteiger partial charge in [0.15, 0.2) is 9.84 Å². The first-order chi connectivity index (χ1) is 9.28. The van der Waals surface area contributed by atoms with Gasteiger partial charge >= 0.3 is 0 Å². The molecule has 1 aliphatic carbocycles. The summed E-state index contributed by atoms with van der Waals surface area (Å²) in [6.45, 7) is 7.92. The standard InChI is InChI=1S/C14H28N2O2S2/c1-4-20(17,18)12-10-19-8-7-16(12)9-11-5-6-14(2,3)13(11)15/h11-13H,4-10,15H2,1-3H3. The average Bonchev–Trinajstić information content (AvgIpc) is 2.66. The second-order valence-electron chi connectivity index (χ2n) is 6.79. The lowest BCUT2D eigenvalue weighted by Gasteiger charge is -2.38. The topological polar surface area (TPSA) is 63.4 Å². The fraction of sp³-hybridized carbons (Fsp3) is 1.00. The Morgan fingerprint density at radius 1 is 1.40 bits per heavy atom. The van der Waals surface area contributed by atoms with Gasteiger partial charge in [0.2, 0.25) is 0 Å². The zero-order valence-electron chi connectivity index (χ0n) is 12.8. The highest BCUT2D eigenvalue weighted by atomic mass is 32.2. The van der Waals surface area contributed by atoms with Gasteiger partial charge in [-0.15, -0.1) is 0 Å². The van der Waals surface area contributed by atoms with E-state index in [-0.39, 0.29) is 22.6 Å². The fourth-order valence-corrected chi connectivity index (χ4v) is 6.49. The van der Waals surface area contributed by atoms with Crippen LogP contribution >= 0.6 is 11.8 Å². The molecule has 2 aliphatic rings. The SMILES string of the molecule is CCS(=O)(=O)C1CSCCN1CC1CCC(C)(C)C1N. The summed E-state index contributed by atoms with van der Waals surface area (Å²) >= 11 is 1.76. The van der Waals surface area contributed by atoms with E-state index in [0.29, 0.717) is 11.7 Å². The Morgan fingerprint density at radius 3 is 2.65 bits per heavy atom. The maximum absolute atomic E-state index is 12.3. The molecule has 2 N–H and O–H groups in total. The third-order valence-electron chi connectivity index (χ3n) is 5.05. The lowest BCUT2D eigenvalue weighted by molar-refractivity contribution is 0.201. The molecule has 118 valence electrons. The smallest absolute Gasteiger partial charge is 0.166 e. The lowest BCUT2D eigenvalue weighted by Crippen LogP contribution is -2.51. The molecule has 3 atom stereocenters. The van der Waals surface area contributed by atoms with Gasteiger partial charge in [-0.1, -0.05) is 20.8 Å². The summed E-state index contributed by atoms with van der Waals surface area (Å²) in [6.07, 6.45) is 2.27.